The van der Waals surface area contributed by atoms with Gasteiger partial charge in [-0.2, -0.15) is 0 Å². The molecule has 1 aromatic heterocycles. The zero-order valence-corrected chi connectivity index (χ0v) is 7.52. The summed E-state index contributed by atoms with van der Waals surface area (Å²) < 4.78 is 1.85. The van der Waals surface area contributed by atoms with E-state index < -0.39 is 0 Å². The fraction of sp³-hybridized carbons (Fsp3) is 0.571. The number of hydrogen-bond acceptors (Lipinski definition) is 2. The zero-order valence-electron chi connectivity index (χ0n) is 6.76. The van der Waals surface area contributed by atoms with Crippen molar-refractivity contribution in [1.82, 2.24) is 9.55 Å². The minimum Gasteiger partial charge on any atom is -0.330 e. The number of nitrogens with two attached hydrogens (primary N) is 1. The molecule has 0 radical (unpaired) electrons. The van der Waals surface area contributed by atoms with Crippen LogP contribution in [0.15, 0.2) is 0 Å². The average molecular weight is 174 g/mol. The van der Waals surface area contributed by atoms with E-state index >= 15 is 0 Å². The number of aromatic nitrogens is 2. The van der Waals surface area contributed by atoms with Crippen LogP contribution in [0.3, 0.4) is 0 Å². The highest BCUT2D eigenvalue weighted by Crippen LogP contribution is 2.15. The molecule has 0 saturated heterocycles. The summed E-state index contributed by atoms with van der Waals surface area (Å²) in [5, 5.41) is 0.702. The predicted molar refractivity (Wildman–Crippen MR) is 45.7 cm³/mol. The molecular weight excluding hydrogens is 162 g/mol. The van der Waals surface area contributed by atoms with Crippen LogP contribution >= 0.6 is 11.6 Å². The fourth-order valence-corrected chi connectivity index (χ4v) is 1.21. The normalized spacial score (nSPS) is 10.5. The molecule has 0 atom stereocenters. The monoisotopic (exact) mass is 173 g/mol. The number of imidazole rings is 1. The summed E-state index contributed by atoms with van der Waals surface area (Å²) in [7, 11) is 1.89. The molecule has 0 fully saturated rings. The fourth-order valence-electron chi connectivity index (χ4n) is 0.948. The molecule has 11 heavy (non-hydrogen) atoms. The molecular formula is C7H12ClN3. The average Bonchev–Trinajstić information content (AvgIpc) is 2.19. The van der Waals surface area contributed by atoms with E-state index in [1.165, 1.54) is 0 Å². The van der Waals surface area contributed by atoms with E-state index in [4.69, 9.17) is 17.3 Å². The van der Waals surface area contributed by atoms with Crippen LogP contribution in [0.1, 0.15) is 11.5 Å². The van der Waals surface area contributed by atoms with Gasteiger partial charge in [-0.1, -0.05) is 11.6 Å². The maximum absolute atomic E-state index is 5.94. The molecule has 2 N–H and O–H groups in total. The topological polar surface area (TPSA) is 43.8 Å². The lowest BCUT2D eigenvalue weighted by Gasteiger charge is -1.94. The van der Waals surface area contributed by atoms with Crippen LogP contribution in [-0.4, -0.2) is 16.1 Å². The first-order valence-electron chi connectivity index (χ1n) is 3.54. The van der Waals surface area contributed by atoms with Crippen molar-refractivity contribution >= 4 is 11.6 Å². The van der Waals surface area contributed by atoms with Crippen molar-refractivity contribution in [3.05, 3.63) is 16.7 Å². The molecule has 0 aliphatic carbocycles. The van der Waals surface area contributed by atoms with Gasteiger partial charge in [-0.15, -0.1) is 0 Å². The molecule has 0 aliphatic rings. The lowest BCUT2D eigenvalue weighted by Crippen LogP contribution is -2.03. The number of hydrogen-bond donors (Lipinski definition) is 1. The van der Waals surface area contributed by atoms with E-state index in [1.807, 2.05) is 18.5 Å². The standard InChI is InChI=1S/C7H12ClN3/c1-5-10-6(3-4-9)7(8)11(5)2/h3-4,9H2,1-2H3. The van der Waals surface area contributed by atoms with Gasteiger partial charge in [0.15, 0.2) is 0 Å². The zero-order chi connectivity index (χ0) is 8.43. The Morgan fingerprint density at radius 2 is 2.27 bits per heavy atom. The van der Waals surface area contributed by atoms with E-state index in [0.29, 0.717) is 11.7 Å². The first kappa shape index (κ1) is 8.56. The molecule has 1 heterocycles. The maximum Gasteiger partial charge on any atom is 0.131 e. The third-order valence-corrected chi connectivity index (χ3v) is 2.17. The van der Waals surface area contributed by atoms with Gasteiger partial charge in [0.05, 0.1) is 5.69 Å². The van der Waals surface area contributed by atoms with Gasteiger partial charge in [0.1, 0.15) is 11.0 Å². The third-order valence-electron chi connectivity index (χ3n) is 1.70. The van der Waals surface area contributed by atoms with E-state index in [0.717, 1.165) is 17.9 Å². The summed E-state index contributed by atoms with van der Waals surface area (Å²) in [5.74, 6) is 0.929. The predicted octanol–water partition coefficient (Wildman–Crippen LogP) is 0.883. The second kappa shape index (κ2) is 3.24. The summed E-state index contributed by atoms with van der Waals surface area (Å²) in [6, 6.07) is 0. The van der Waals surface area contributed by atoms with Gasteiger partial charge < -0.3 is 10.3 Å². The Morgan fingerprint density at radius 1 is 1.64 bits per heavy atom. The van der Waals surface area contributed by atoms with Crippen molar-refractivity contribution in [1.29, 1.82) is 0 Å². The van der Waals surface area contributed by atoms with Crippen molar-refractivity contribution in [2.75, 3.05) is 6.54 Å². The SMILES string of the molecule is Cc1nc(CCN)c(Cl)n1C. The van der Waals surface area contributed by atoms with E-state index in [9.17, 15) is 0 Å². The van der Waals surface area contributed by atoms with Gasteiger partial charge >= 0.3 is 0 Å². The van der Waals surface area contributed by atoms with Gasteiger partial charge in [0.25, 0.3) is 0 Å². The van der Waals surface area contributed by atoms with Crippen molar-refractivity contribution in [3.63, 3.8) is 0 Å². The molecule has 3 nitrogen and oxygen atoms in total. The molecule has 0 spiro atoms. The van der Waals surface area contributed by atoms with Gasteiger partial charge in [0.2, 0.25) is 0 Å². The molecule has 0 bridgehead atoms. The quantitative estimate of drug-likeness (QED) is 0.722. The smallest absolute Gasteiger partial charge is 0.131 e. The molecule has 0 amide bonds. The van der Waals surface area contributed by atoms with Crippen LogP contribution in [0.2, 0.25) is 5.15 Å². The largest absolute Gasteiger partial charge is 0.330 e. The first-order chi connectivity index (χ1) is 5.16. The highest BCUT2D eigenvalue weighted by atomic mass is 35.5. The van der Waals surface area contributed by atoms with Crippen LogP contribution in [0.4, 0.5) is 0 Å². The van der Waals surface area contributed by atoms with Gasteiger partial charge in [-0.3, -0.25) is 0 Å². The van der Waals surface area contributed by atoms with Crippen molar-refractivity contribution < 1.29 is 0 Å². The van der Waals surface area contributed by atoms with Gasteiger partial charge in [-0.05, 0) is 13.5 Å². The first-order valence-corrected chi connectivity index (χ1v) is 3.92. The maximum atomic E-state index is 5.94. The Morgan fingerprint density at radius 3 is 2.64 bits per heavy atom. The van der Waals surface area contributed by atoms with E-state index in [-0.39, 0.29) is 0 Å². The Balaban J connectivity index is 2.98. The Hall–Kier alpha value is -0.540. The minimum atomic E-state index is 0.593. The summed E-state index contributed by atoms with van der Waals surface area (Å²) >= 11 is 5.94. The Labute approximate surface area is 71.2 Å². The number of halogens is 1. The second-order valence-electron chi connectivity index (χ2n) is 2.49. The lowest BCUT2D eigenvalue weighted by atomic mass is 10.3. The van der Waals surface area contributed by atoms with Crippen LogP contribution in [-0.2, 0) is 13.5 Å². The molecule has 62 valence electrons. The molecule has 4 heteroatoms. The van der Waals surface area contributed by atoms with E-state index in [1.54, 1.807) is 0 Å². The minimum absolute atomic E-state index is 0.593. The van der Waals surface area contributed by atoms with Gasteiger partial charge in [-0.25, -0.2) is 4.98 Å². The number of rotatable bonds is 2. The second-order valence-corrected chi connectivity index (χ2v) is 2.85. The number of nitrogens with zero attached hydrogens (tertiary/aromatic N) is 2. The number of aryl methyl sites for hydroxylation is 1. The van der Waals surface area contributed by atoms with Crippen LogP contribution < -0.4 is 5.73 Å². The van der Waals surface area contributed by atoms with Crippen molar-refractivity contribution in [2.24, 2.45) is 12.8 Å². The summed E-state index contributed by atoms with van der Waals surface area (Å²) in [5.41, 5.74) is 6.28. The summed E-state index contributed by atoms with van der Waals surface area (Å²) in [6.45, 7) is 2.52. The molecule has 1 aromatic rings. The molecule has 0 aliphatic heterocycles. The Bertz CT molecular complexity index is 254. The van der Waals surface area contributed by atoms with Gasteiger partial charge in [0, 0.05) is 13.5 Å². The van der Waals surface area contributed by atoms with Crippen LogP contribution in [0.5, 0.6) is 0 Å². The summed E-state index contributed by atoms with van der Waals surface area (Å²) in [4.78, 5) is 4.25. The molecule has 0 aromatic carbocycles. The summed E-state index contributed by atoms with van der Waals surface area (Å²) in [6.07, 6.45) is 0.751. The Kier molecular flexibility index (Phi) is 2.52. The van der Waals surface area contributed by atoms with Crippen LogP contribution in [0.25, 0.3) is 0 Å². The lowest BCUT2D eigenvalue weighted by molar-refractivity contribution is 0.859. The van der Waals surface area contributed by atoms with E-state index in [2.05, 4.69) is 4.98 Å². The van der Waals surface area contributed by atoms with Crippen molar-refractivity contribution in [2.45, 2.75) is 13.3 Å². The highest BCUT2D eigenvalue weighted by Gasteiger charge is 2.07. The molecule has 0 saturated carbocycles. The van der Waals surface area contributed by atoms with Crippen LogP contribution in [0, 0.1) is 6.92 Å². The van der Waals surface area contributed by atoms with Crippen molar-refractivity contribution in [3.8, 4) is 0 Å². The molecule has 1 rings (SSSR count). The highest BCUT2D eigenvalue weighted by molar-refractivity contribution is 6.30. The third kappa shape index (κ3) is 1.54. The molecule has 0 unspecified atom stereocenters.